The van der Waals surface area contributed by atoms with E-state index in [1.54, 1.807) is 0 Å². The highest BCUT2D eigenvalue weighted by Gasteiger charge is 2.21. The summed E-state index contributed by atoms with van der Waals surface area (Å²) in [6.45, 7) is 2.26. The van der Waals surface area contributed by atoms with Gasteiger partial charge in [0.25, 0.3) is 0 Å². The number of hydrogen-bond donors (Lipinski definition) is 1. The van der Waals surface area contributed by atoms with Gasteiger partial charge >= 0.3 is 0 Å². The highest BCUT2D eigenvalue weighted by molar-refractivity contribution is 5.85. The number of hydrogen-bond acceptors (Lipinski definition) is 1. The topological polar surface area (TPSA) is 20.2 Å². The van der Waals surface area contributed by atoms with Crippen molar-refractivity contribution < 1.29 is 5.11 Å². The molecule has 0 amide bonds. The Morgan fingerprint density at radius 2 is 1.45 bits per heavy atom. The van der Waals surface area contributed by atoms with Crippen molar-refractivity contribution in [3.8, 4) is 28.0 Å². The molecule has 29 heavy (non-hydrogen) atoms. The van der Waals surface area contributed by atoms with Gasteiger partial charge in [-0.3, -0.25) is 0 Å². The Hall–Kier alpha value is -2.54. The molecule has 0 unspecified atom stereocenters. The zero-order valence-corrected chi connectivity index (χ0v) is 17.6. The highest BCUT2D eigenvalue weighted by Crippen LogP contribution is 2.42. The van der Waals surface area contributed by atoms with E-state index in [2.05, 4.69) is 61.5 Å². The standard InChI is InChI=1S/C28H32O/c1-2-3-4-5-6-7-8-13-23-19-22(17-18-28(23)29)25-15-11-16-26-24-14-10-9-12-21(24)20-27(25)26/h9-12,14-19,29H,2-8,13,20H2,1H3. The van der Waals surface area contributed by atoms with Crippen molar-refractivity contribution in [1.82, 2.24) is 0 Å². The van der Waals surface area contributed by atoms with Crippen LogP contribution in [-0.2, 0) is 12.8 Å². The Balaban J connectivity index is 1.49. The largest absolute Gasteiger partial charge is 0.508 e. The first-order valence-corrected chi connectivity index (χ1v) is 11.3. The molecule has 0 aromatic heterocycles. The Morgan fingerprint density at radius 3 is 2.31 bits per heavy atom. The van der Waals surface area contributed by atoms with Gasteiger partial charge in [0.2, 0.25) is 0 Å². The second-order valence-corrected chi connectivity index (χ2v) is 8.38. The van der Waals surface area contributed by atoms with Crippen LogP contribution in [-0.4, -0.2) is 5.11 Å². The maximum Gasteiger partial charge on any atom is 0.118 e. The first kappa shape index (κ1) is 19.8. The molecule has 1 heteroatoms. The average Bonchev–Trinajstić information content (AvgIpc) is 3.13. The summed E-state index contributed by atoms with van der Waals surface area (Å²) >= 11 is 0. The van der Waals surface area contributed by atoms with Crippen molar-refractivity contribution in [2.75, 3.05) is 0 Å². The van der Waals surface area contributed by atoms with Crippen molar-refractivity contribution in [2.24, 2.45) is 0 Å². The molecule has 3 aromatic rings. The van der Waals surface area contributed by atoms with Gasteiger partial charge in [-0.05, 0) is 70.3 Å². The SMILES string of the molecule is CCCCCCCCCc1cc(-c2cccc3c2Cc2ccccc2-3)ccc1O. The lowest BCUT2D eigenvalue weighted by Gasteiger charge is -2.12. The Bertz CT molecular complexity index is 970. The van der Waals surface area contributed by atoms with Crippen LogP contribution in [0.25, 0.3) is 22.3 Å². The van der Waals surface area contributed by atoms with Gasteiger partial charge in [-0.2, -0.15) is 0 Å². The summed E-state index contributed by atoms with van der Waals surface area (Å²) < 4.78 is 0. The number of rotatable bonds is 9. The number of phenols is 1. The second kappa shape index (κ2) is 9.31. The monoisotopic (exact) mass is 384 g/mol. The summed E-state index contributed by atoms with van der Waals surface area (Å²) in [7, 11) is 0. The summed E-state index contributed by atoms with van der Waals surface area (Å²) in [4.78, 5) is 0. The van der Waals surface area contributed by atoms with Crippen LogP contribution in [0.4, 0.5) is 0 Å². The van der Waals surface area contributed by atoms with Crippen LogP contribution in [0.3, 0.4) is 0 Å². The first-order chi connectivity index (χ1) is 14.3. The van der Waals surface area contributed by atoms with E-state index < -0.39 is 0 Å². The number of aryl methyl sites for hydroxylation is 1. The van der Waals surface area contributed by atoms with Crippen molar-refractivity contribution in [1.29, 1.82) is 0 Å². The van der Waals surface area contributed by atoms with E-state index in [1.807, 2.05) is 6.07 Å². The van der Waals surface area contributed by atoms with Gasteiger partial charge in [-0.15, -0.1) is 0 Å². The van der Waals surface area contributed by atoms with Crippen molar-refractivity contribution >= 4 is 0 Å². The normalized spacial score (nSPS) is 12.0. The zero-order valence-electron chi connectivity index (χ0n) is 17.6. The minimum Gasteiger partial charge on any atom is -0.508 e. The van der Waals surface area contributed by atoms with Crippen LogP contribution in [0.1, 0.15) is 68.6 Å². The minimum atomic E-state index is 0.440. The molecule has 1 aliphatic carbocycles. The predicted octanol–water partition coefficient (Wildman–Crippen LogP) is 7.92. The number of unbranched alkanes of at least 4 members (excludes halogenated alkanes) is 6. The van der Waals surface area contributed by atoms with E-state index >= 15 is 0 Å². The minimum absolute atomic E-state index is 0.440. The van der Waals surface area contributed by atoms with Crippen LogP contribution in [0.15, 0.2) is 60.7 Å². The quantitative estimate of drug-likeness (QED) is 0.290. The maximum atomic E-state index is 10.4. The van der Waals surface area contributed by atoms with Gasteiger partial charge in [0.15, 0.2) is 0 Å². The van der Waals surface area contributed by atoms with Gasteiger partial charge in [-0.1, -0.05) is 94.0 Å². The Labute approximate surface area is 175 Å². The highest BCUT2D eigenvalue weighted by atomic mass is 16.3. The fourth-order valence-corrected chi connectivity index (χ4v) is 4.65. The zero-order chi connectivity index (χ0) is 20.1. The Morgan fingerprint density at radius 1 is 0.724 bits per heavy atom. The molecule has 0 aliphatic heterocycles. The molecule has 0 spiro atoms. The third kappa shape index (κ3) is 4.40. The van der Waals surface area contributed by atoms with Gasteiger partial charge in [-0.25, -0.2) is 0 Å². The fourth-order valence-electron chi connectivity index (χ4n) is 4.65. The molecule has 1 nitrogen and oxygen atoms in total. The van der Waals surface area contributed by atoms with Crippen molar-refractivity contribution in [2.45, 2.75) is 64.7 Å². The average molecular weight is 385 g/mol. The van der Waals surface area contributed by atoms with Gasteiger partial charge in [0.1, 0.15) is 5.75 Å². The lowest BCUT2D eigenvalue weighted by Crippen LogP contribution is -1.92. The molecule has 0 bridgehead atoms. The molecule has 0 heterocycles. The van der Waals surface area contributed by atoms with E-state index in [0.717, 1.165) is 24.8 Å². The molecule has 0 saturated carbocycles. The predicted molar refractivity (Wildman–Crippen MR) is 123 cm³/mol. The molecule has 1 N–H and O–H groups in total. The van der Waals surface area contributed by atoms with E-state index in [1.165, 1.54) is 71.9 Å². The van der Waals surface area contributed by atoms with E-state index in [9.17, 15) is 5.11 Å². The molecule has 4 rings (SSSR count). The molecule has 1 aliphatic rings. The molecule has 3 aromatic carbocycles. The summed E-state index contributed by atoms with van der Waals surface area (Å²) in [6, 6.07) is 21.5. The molecule has 0 fully saturated rings. The first-order valence-electron chi connectivity index (χ1n) is 11.3. The molecule has 0 saturated heterocycles. The van der Waals surface area contributed by atoms with E-state index in [-0.39, 0.29) is 0 Å². The number of aromatic hydroxyl groups is 1. The van der Waals surface area contributed by atoms with Gasteiger partial charge in [0.05, 0.1) is 0 Å². The summed E-state index contributed by atoms with van der Waals surface area (Å²) in [5.74, 6) is 0.440. The van der Waals surface area contributed by atoms with E-state index in [0.29, 0.717) is 5.75 Å². The summed E-state index contributed by atoms with van der Waals surface area (Å²) in [5.41, 5.74) is 9.18. The Kier molecular flexibility index (Phi) is 6.34. The van der Waals surface area contributed by atoms with Crippen LogP contribution >= 0.6 is 0 Å². The number of benzene rings is 3. The van der Waals surface area contributed by atoms with Crippen molar-refractivity contribution in [3.05, 3.63) is 77.4 Å². The van der Waals surface area contributed by atoms with Crippen LogP contribution in [0.2, 0.25) is 0 Å². The molecular formula is C28H32O. The second-order valence-electron chi connectivity index (χ2n) is 8.38. The third-order valence-electron chi connectivity index (χ3n) is 6.29. The molecule has 0 atom stereocenters. The summed E-state index contributed by atoms with van der Waals surface area (Å²) in [6.07, 6.45) is 11.0. The lowest BCUT2D eigenvalue weighted by molar-refractivity contribution is 0.466. The number of fused-ring (bicyclic) bond motifs is 3. The number of phenolic OH excluding ortho intramolecular Hbond substituents is 1. The van der Waals surface area contributed by atoms with Crippen LogP contribution in [0.5, 0.6) is 5.75 Å². The molecule has 0 radical (unpaired) electrons. The maximum absolute atomic E-state index is 10.4. The molecule has 150 valence electrons. The fraction of sp³-hybridized carbons (Fsp3) is 0.357. The van der Waals surface area contributed by atoms with Crippen molar-refractivity contribution in [3.63, 3.8) is 0 Å². The van der Waals surface area contributed by atoms with Crippen LogP contribution < -0.4 is 0 Å². The summed E-state index contributed by atoms with van der Waals surface area (Å²) in [5, 5.41) is 10.4. The molecular weight excluding hydrogens is 352 g/mol. The smallest absolute Gasteiger partial charge is 0.118 e. The lowest BCUT2D eigenvalue weighted by atomic mass is 9.93. The van der Waals surface area contributed by atoms with Crippen LogP contribution in [0, 0.1) is 0 Å². The van der Waals surface area contributed by atoms with E-state index in [4.69, 9.17) is 0 Å². The van der Waals surface area contributed by atoms with Gasteiger partial charge in [0, 0.05) is 0 Å². The third-order valence-corrected chi connectivity index (χ3v) is 6.29. The van der Waals surface area contributed by atoms with Gasteiger partial charge < -0.3 is 5.11 Å².